The van der Waals surface area contributed by atoms with E-state index in [1.165, 1.54) is 4.90 Å². The maximum absolute atomic E-state index is 11.9. The molecule has 5 heteroatoms. The first-order valence-electron chi connectivity index (χ1n) is 9.36. The van der Waals surface area contributed by atoms with Gasteiger partial charge >= 0.3 is 0 Å². The van der Waals surface area contributed by atoms with E-state index in [0.29, 0.717) is 19.3 Å². The number of allylic oxidation sites excluding steroid dienone is 3. The van der Waals surface area contributed by atoms with E-state index in [2.05, 4.69) is 16.4 Å². The van der Waals surface area contributed by atoms with Crippen molar-refractivity contribution in [3.8, 4) is 0 Å². The molecule has 0 unspecified atom stereocenters. The lowest BCUT2D eigenvalue weighted by molar-refractivity contribution is -0.116. The van der Waals surface area contributed by atoms with Crippen LogP contribution >= 0.6 is 0 Å². The number of hydrogen-bond acceptors (Lipinski definition) is 3. The molecular formula is C23H25N3O2. The first kappa shape index (κ1) is 19.5. The molecular weight excluding hydrogens is 350 g/mol. The van der Waals surface area contributed by atoms with Crippen molar-refractivity contribution < 1.29 is 9.59 Å². The minimum Gasteiger partial charge on any atom is -0.326 e. The van der Waals surface area contributed by atoms with Gasteiger partial charge in [0.1, 0.15) is 0 Å². The van der Waals surface area contributed by atoms with Crippen molar-refractivity contribution in [2.45, 2.75) is 33.1 Å². The van der Waals surface area contributed by atoms with Gasteiger partial charge in [-0.05, 0) is 60.7 Å². The Morgan fingerprint density at radius 2 is 2.04 bits per heavy atom. The number of amides is 2. The summed E-state index contributed by atoms with van der Waals surface area (Å²) in [5.41, 5.74) is 7.26. The fourth-order valence-electron chi connectivity index (χ4n) is 3.45. The molecule has 0 bridgehead atoms. The van der Waals surface area contributed by atoms with E-state index < -0.39 is 0 Å². The zero-order valence-electron chi connectivity index (χ0n) is 16.5. The van der Waals surface area contributed by atoms with Crippen molar-refractivity contribution in [2.24, 2.45) is 0 Å². The predicted octanol–water partition coefficient (Wildman–Crippen LogP) is 3.95. The van der Waals surface area contributed by atoms with Gasteiger partial charge < -0.3 is 10.2 Å². The van der Waals surface area contributed by atoms with E-state index in [0.717, 1.165) is 45.6 Å². The molecule has 1 aliphatic rings. The predicted molar refractivity (Wildman–Crippen MR) is 112 cm³/mol. The second-order valence-electron chi connectivity index (χ2n) is 7.24. The van der Waals surface area contributed by atoms with Crippen LogP contribution in [0.3, 0.4) is 0 Å². The summed E-state index contributed by atoms with van der Waals surface area (Å²) in [6.45, 7) is 4.07. The zero-order chi connectivity index (χ0) is 20.1. The summed E-state index contributed by atoms with van der Waals surface area (Å²) in [6.07, 6.45) is 8.32. The van der Waals surface area contributed by atoms with Crippen molar-refractivity contribution in [1.82, 2.24) is 9.88 Å². The SMILES string of the molecule is CC(C)=C/C(=C\N(C)C=O)c1ccc2c(c1Cc1ccccn1)CCC(=O)N2. The van der Waals surface area contributed by atoms with Gasteiger partial charge in [0.2, 0.25) is 12.3 Å². The number of hydrogen-bond donors (Lipinski definition) is 1. The highest BCUT2D eigenvalue weighted by Crippen LogP contribution is 2.34. The Hall–Kier alpha value is -3.21. The van der Waals surface area contributed by atoms with E-state index in [1.807, 2.05) is 50.4 Å². The number of nitrogens with zero attached hydrogens (tertiary/aromatic N) is 2. The van der Waals surface area contributed by atoms with Gasteiger partial charge in [-0.3, -0.25) is 14.6 Å². The van der Waals surface area contributed by atoms with Crippen molar-refractivity contribution in [2.75, 3.05) is 12.4 Å². The van der Waals surface area contributed by atoms with Gasteiger partial charge in [-0.25, -0.2) is 0 Å². The Bertz CT molecular complexity index is 942. The van der Waals surface area contributed by atoms with Crippen LogP contribution in [0.2, 0.25) is 0 Å². The monoisotopic (exact) mass is 375 g/mol. The van der Waals surface area contributed by atoms with Gasteiger partial charge in [0.15, 0.2) is 0 Å². The Morgan fingerprint density at radius 1 is 1.21 bits per heavy atom. The van der Waals surface area contributed by atoms with Gasteiger partial charge in [0, 0.05) is 43.7 Å². The summed E-state index contributed by atoms with van der Waals surface area (Å²) in [5, 5.41) is 2.98. The van der Waals surface area contributed by atoms with Crippen molar-refractivity contribution >= 4 is 23.6 Å². The minimum absolute atomic E-state index is 0.0461. The number of benzene rings is 1. The molecule has 2 heterocycles. The lowest BCUT2D eigenvalue weighted by Gasteiger charge is -2.24. The van der Waals surface area contributed by atoms with Crippen molar-refractivity contribution in [1.29, 1.82) is 0 Å². The first-order chi connectivity index (χ1) is 13.5. The lowest BCUT2D eigenvalue weighted by atomic mass is 9.87. The standard InChI is InChI=1S/C23H25N3O2/c1-16(2)12-17(14-26(3)15-27)19-7-9-22-20(8-10-23(28)25-22)21(19)13-18-6-4-5-11-24-18/h4-7,9,11-12,14-15H,8,10,13H2,1-3H3,(H,25,28)/b17-14+. The second kappa shape index (κ2) is 8.65. The van der Waals surface area contributed by atoms with E-state index in [9.17, 15) is 9.59 Å². The van der Waals surface area contributed by atoms with Crippen LogP contribution in [0.4, 0.5) is 5.69 Å². The number of nitrogens with one attached hydrogen (secondary N) is 1. The fraction of sp³-hybridized carbons (Fsp3) is 0.261. The molecule has 1 aromatic heterocycles. The molecule has 0 atom stereocenters. The normalized spacial score (nSPS) is 13.4. The Morgan fingerprint density at radius 3 is 2.71 bits per heavy atom. The summed E-state index contributed by atoms with van der Waals surface area (Å²) in [5.74, 6) is 0.0461. The van der Waals surface area contributed by atoms with Crippen LogP contribution in [0.1, 0.15) is 42.7 Å². The molecule has 0 aliphatic carbocycles. The van der Waals surface area contributed by atoms with Crippen LogP contribution in [0, 0.1) is 0 Å². The highest BCUT2D eigenvalue weighted by molar-refractivity contribution is 5.95. The van der Waals surface area contributed by atoms with Crippen LogP contribution in [0.25, 0.3) is 5.57 Å². The maximum atomic E-state index is 11.9. The number of fused-ring (bicyclic) bond motifs is 1. The molecule has 1 N–H and O–H groups in total. The van der Waals surface area contributed by atoms with E-state index >= 15 is 0 Å². The largest absolute Gasteiger partial charge is 0.326 e. The molecule has 3 rings (SSSR count). The molecule has 1 aromatic carbocycles. The second-order valence-corrected chi connectivity index (χ2v) is 7.24. The Kier molecular flexibility index (Phi) is 6.04. The molecule has 1 aliphatic heterocycles. The summed E-state index contributed by atoms with van der Waals surface area (Å²) in [6, 6.07) is 9.86. The maximum Gasteiger partial charge on any atom is 0.224 e. The van der Waals surface area contributed by atoms with Gasteiger partial charge in [0.05, 0.1) is 0 Å². The zero-order valence-corrected chi connectivity index (χ0v) is 16.5. The average Bonchev–Trinajstić information content (AvgIpc) is 2.67. The van der Waals surface area contributed by atoms with Gasteiger partial charge in [-0.15, -0.1) is 0 Å². The smallest absolute Gasteiger partial charge is 0.224 e. The van der Waals surface area contributed by atoms with Gasteiger partial charge in [-0.2, -0.15) is 0 Å². The number of carbonyl (C=O) groups excluding carboxylic acids is 2. The third-order valence-electron chi connectivity index (χ3n) is 4.66. The molecule has 0 saturated heterocycles. The lowest BCUT2D eigenvalue weighted by Crippen LogP contribution is -2.21. The van der Waals surface area contributed by atoms with E-state index in [1.54, 1.807) is 13.2 Å². The molecule has 144 valence electrons. The molecule has 0 saturated carbocycles. The van der Waals surface area contributed by atoms with Crippen LogP contribution in [-0.2, 0) is 22.4 Å². The Balaban J connectivity index is 2.18. The van der Waals surface area contributed by atoms with E-state index in [-0.39, 0.29) is 5.91 Å². The number of rotatable bonds is 6. The van der Waals surface area contributed by atoms with Gasteiger partial charge in [0.25, 0.3) is 0 Å². The number of anilines is 1. The highest BCUT2D eigenvalue weighted by atomic mass is 16.1. The first-order valence-corrected chi connectivity index (χ1v) is 9.36. The summed E-state index contributed by atoms with van der Waals surface area (Å²) in [7, 11) is 1.73. The molecule has 0 spiro atoms. The van der Waals surface area contributed by atoms with Crippen molar-refractivity contribution in [3.63, 3.8) is 0 Å². The van der Waals surface area contributed by atoms with Crippen LogP contribution in [0.5, 0.6) is 0 Å². The van der Waals surface area contributed by atoms with Crippen molar-refractivity contribution in [3.05, 3.63) is 76.8 Å². The quantitative estimate of drug-likeness (QED) is 0.614. The van der Waals surface area contributed by atoms with Gasteiger partial charge in [-0.1, -0.05) is 23.8 Å². The fourth-order valence-corrected chi connectivity index (χ4v) is 3.45. The van der Waals surface area contributed by atoms with Crippen LogP contribution < -0.4 is 5.32 Å². The summed E-state index contributed by atoms with van der Waals surface area (Å²) < 4.78 is 0. The molecule has 5 nitrogen and oxygen atoms in total. The molecule has 28 heavy (non-hydrogen) atoms. The Labute approximate surface area is 165 Å². The third kappa shape index (κ3) is 4.55. The molecule has 0 fully saturated rings. The average molecular weight is 375 g/mol. The number of pyridine rings is 1. The molecule has 2 aromatic rings. The topological polar surface area (TPSA) is 62.3 Å². The summed E-state index contributed by atoms with van der Waals surface area (Å²) >= 11 is 0. The van der Waals surface area contributed by atoms with Crippen LogP contribution in [0.15, 0.2) is 54.4 Å². The third-order valence-corrected chi connectivity index (χ3v) is 4.66. The highest BCUT2D eigenvalue weighted by Gasteiger charge is 2.21. The molecule has 2 amide bonds. The van der Waals surface area contributed by atoms with E-state index in [4.69, 9.17) is 0 Å². The molecule has 0 radical (unpaired) electrons. The van der Waals surface area contributed by atoms with Crippen LogP contribution in [-0.4, -0.2) is 29.2 Å². The summed E-state index contributed by atoms with van der Waals surface area (Å²) in [4.78, 5) is 29.1. The number of aromatic nitrogens is 1. The number of carbonyl (C=O) groups is 2. The minimum atomic E-state index is 0.0461.